The molecule has 3 rings (SSSR count). The van der Waals surface area contributed by atoms with Gasteiger partial charge in [0, 0.05) is 5.41 Å². The molecule has 11 heteroatoms. The molecular formula is C23H25Cl3N2O5S. The van der Waals surface area contributed by atoms with E-state index in [1.807, 2.05) is 36.4 Å². The third-order valence-corrected chi connectivity index (χ3v) is 6.38. The molecule has 0 saturated carbocycles. The van der Waals surface area contributed by atoms with Crippen LogP contribution >= 0.6 is 34.8 Å². The summed E-state index contributed by atoms with van der Waals surface area (Å²) in [6.07, 6.45) is 1.05. The van der Waals surface area contributed by atoms with Gasteiger partial charge >= 0.3 is 0 Å². The fourth-order valence-electron chi connectivity index (χ4n) is 3.26. The van der Waals surface area contributed by atoms with Gasteiger partial charge < -0.3 is 13.9 Å². The number of hydrogen-bond donors (Lipinski definition) is 1. The quantitative estimate of drug-likeness (QED) is 0.305. The van der Waals surface area contributed by atoms with Gasteiger partial charge in [0.15, 0.2) is 18.2 Å². The van der Waals surface area contributed by atoms with Crippen molar-refractivity contribution >= 4 is 50.6 Å². The monoisotopic (exact) mass is 546 g/mol. The molecular weight excluding hydrogens is 523 g/mol. The zero-order valence-electron chi connectivity index (χ0n) is 19.1. The van der Waals surface area contributed by atoms with Crippen molar-refractivity contribution in [2.24, 2.45) is 0 Å². The third-order valence-electron chi connectivity index (χ3n) is 5.10. The SMILES string of the molecule is Cc1oc(COc2ccc(C(C)(C)c3cc(Cl)c(OCCCl)c(Cl)c3)cc2)nc1NS(C)(=O)=O. The lowest BCUT2D eigenvalue weighted by Crippen LogP contribution is -2.19. The second-order valence-corrected chi connectivity index (χ2v) is 11.1. The lowest BCUT2D eigenvalue weighted by Gasteiger charge is -2.27. The molecule has 0 aliphatic carbocycles. The van der Waals surface area contributed by atoms with Crippen molar-refractivity contribution in [1.29, 1.82) is 0 Å². The maximum Gasteiger partial charge on any atom is 0.234 e. The van der Waals surface area contributed by atoms with Gasteiger partial charge in [0.1, 0.15) is 18.1 Å². The number of hydrogen-bond acceptors (Lipinski definition) is 6. The van der Waals surface area contributed by atoms with Crippen LogP contribution in [0.2, 0.25) is 10.0 Å². The zero-order valence-corrected chi connectivity index (χ0v) is 22.2. The van der Waals surface area contributed by atoms with E-state index in [1.165, 1.54) is 0 Å². The van der Waals surface area contributed by atoms with Crippen LogP contribution in [0.5, 0.6) is 11.5 Å². The summed E-state index contributed by atoms with van der Waals surface area (Å²) in [5, 5.41) is 0.846. The van der Waals surface area contributed by atoms with Crippen LogP contribution in [-0.4, -0.2) is 32.1 Å². The van der Waals surface area contributed by atoms with Crippen LogP contribution in [0.4, 0.5) is 5.82 Å². The Balaban J connectivity index is 1.72. The first kappa shape index (κ1) is 26.5. The van der Waals surface area contributed by atoms with Crippen LogP contribution in [0.1, 0.15) is 36.6 Å². The van der Waals surface area contributed by atoms with Gasteiger partial charge in [0.25, 0.3) is 0 Å². The molecule has 0 saturated heterocycles. The van der Waals surface area contributed by atoms with Gasteiger partial charge in [-0.3, -0.25) is 4.72 Å². The molecule has 0 fully saturated rings. The second-order valence-electron chi connectivity index (χ2n) is 8.13. The van der Waals surface area contributed by atoms with Crippen molar-refractivity contribution in [3.05, 3.63) is 69.2 Å². The Morgan fingerprint density at radius 1 is 1.06 bits per heavy atom. The van der Waals surface area contributed by atoms with E-state index in [9.17, 15) is 8.42 Å². The number of aromatic nitrogens is 1. The number of halogens is 3. The van der Waals surface area contributed by atoms with Gasteiger partial charge in [0.2, 0.25) is 15.9 Å². The summed E-state index contributed by atoms with van der Waals surface area (Å²) in [4.78, 5) is 4.12. The molecule has 0 atom stereocenters. The highest BCUT2D eigenvalue weighted by Gasteiger charge is 2.26. The summed E-state index contributed by atoms with van der Waals surface area (Å²) in [6, 6.07) is 11.3. The summed E-state index contributed by atoms with van der Waals surface area (Å²) in [6.45, 7) is 6.11. The van der Waals surface area contributed by atoms with E-state index in [0.29, 0.717) is 39.8 Å². The Bertz CT molecular complexity index is 1240. The van der Waals surface area contributed by atoms with Gasteiger partial charge in [-0.15, -0.1) is 11.6 Å². The van der Waals surface area contributed by atoms with Crippen molar-refractivity contribution in [1.82, 2.24) is 4.98 Å². The van der Waals surface area contributed by atoms with Gasteiger partial charge in [0.05, 0.1) is 22.2 Å². The summed E-state index contributed by atoms with van der Waals surface area (Å²) < 4.78 is 41.9. The first-order chi connectivity index (χ1) is 15.9. The van der Waals surface area contributed by atoms with E-state index < -0.39 is 15.4 Å². The molecule has 0 aliphatic heterocycles. The van der Waals surface area contributed by atoms with Gasteiger partial charge in [-0.05, 0) is 42.3 Å². The predicted octanol–water partition coefficient (Wildman–Crippen LogP) is 6.18. The normalized spacial score (nSPS) is 12.0. The van der Waals surface area contributed by atoms with Crippen molar-refractivity contribution in [3.63, 3.8) is 0 Å². The van der Waals surface area contributed by atoms with Crippen molar-refractivity contribution < 1.29 is 22.3 Å². The minimum absolute atomic E-state index is 0.0456. The molecule has 1 heterocycles. The molecule has 0 unspecified atom stereocenters. The molecule has 0 aliphatic rings. The van der Waals surface area contributed by atoms with Crippen LogP contribution in [0, 0.1) is 6.92 Å². The minimum Gasteiger partial charge on any atom is -0.489 e. The Morgan fingerprint density at radius 3 is 2.24 bits per heavy atom. The molecule has 34 heavy (non-hydrogen) atoms. The number of aryl methyl sites for hydroxylation is 1. The summed E-state index contributed by atoms with van der Waals surface area (Å²) in [5.41, 5.74) is 1.55. The number of benzene rings is 2. The highest BCUT2D eigenvalue weighted by Crippen LogP contribution is 2.40. The van der Waals surface area contributed by atoms with Crippen LogP contribution < -0.4 is 14.2 Å². The number of rotatable bonds is 10. The smallest absolute Gasteiger partial charge is 0.234 e. The molecule has 1 aromatic heterocycles. The van der Waals surface area contributed by atoms with Crippen LogP contribution in [0.25, 0.3) is 0 Å². The predicted molar refractivity (Wildman–Crippen MR) is 135 cm³/mol. The fraction of sp³-hybridized carbons (Fsp3) is 0.348. The number of alkyl halides is 1. The number of nitrogens with zero attached hydrogens (tertiary/aromatic N) is 1. The van der Waals surface area contributed by atoms with E-state index in [2.05, 4.69) is 23.6 Å². The average Bonchev–Trinajstić information content (AvgIpc) is 3.09. The first-order valence-electron chi connectivity index (χ1n) is 10.3. The third kappa shape index (κ3) is 6.50. The highest BCUT2D eigenvalue weighted by atomic mass is 35.5. The van der Waals surface area contributed by atoms with E-state index in [-0.39, 0.29) is 18.3 Å². The van der Waals surface area contributed by atoms with Crippen LogP contribution in [0.3, 0.4) is 0 Å². The van der Waals surface area contributed by atoms with Crippen LogP contribution in [-0.2, 0) is 22.0 Å². The lowest BCUT2D eigenvalue weighted by atomic mass is 9.78. The number of oxazole rings is 1. The maximum atomic E-state index is 11.4. The molecule has 184 valence electrons. The second kappa shape index (κ2) is 10.6. The summed E-state index contributed by atoms with van der Waals surface area (Å²) in [5.74, 6) is 2.13. The largest absolute Gasteiger partial charge is 0.489 e. The average molecular weight is 548 g/mol. The summed E-state index contributed by atoms with van der Waals surface area (Å²) >= 11 is 18.5. The van der Waals surface area contributed by atoms with E-state index in [1.54, 1.807) is 6.92 Å². The maximum absolute atomic E-state index is 11.4. The van der Waals surface area contributed by atoms with Crippen molar-refractivity contribution in [2.75, 3.05) is 23.5 Å². The van der Waals surface area contributed by atoms with Crippen molar-refractivity contribution in [2.45, 2.75) is 32.8 Å². The van der Waals surface area contributed by atoms with E-state index in [0.717, 1.165) is 17.4 Å². The van der Waals surface area contributed by atoms with E-state index in [4.69, 9.17) is 48.7 Å². The first-order valence-corrected chi connectivity index (χ1v) is 13.4. The standard InChI is InChI=1S/C23H25Cl3N2O5S/c1-14-22(28-34(4,29)30)27-20(33-14)13-32-17-7-5-15(6-8-17)23(2,3)16-11-18(25)21(19(26)12-16)31-10-9-24/h5-8,11-12,28H,9-10,13H2,1-4H3. The number of nitrogens with one attached hydrogen (secondary N) is 1. The minimum atomic E-state index is -3.45. The number of anilines is 1. The van der Waals surface area contributed by atoms with Gasteiger partial charge in [-0.1, -0.05) is 49.2 Å². The van der Waals surface area contributed by atoms with E-state index >= 15 is 0 Å². The Morgan fingerprint density at radius 2 is 1.68 bits per heavy atom. The Kier molecular flexibility index (Phi) is 8.29. The molecule has 2 aromatic carbocycles. The zero-order chi connectivity index (χ0) is 25.1. The topological polar surface area (TPSA) is 90.7 Å². The number of sulfonamides is 1. The van der Waals surface area contributed by atoms with Crippen LogP contribution in [0.15, 0.2) is 40.8 Å². The molecule has 0 bridgehead atoms. The lowest BCUT2D eigenvalue weighted by molar-refractivity contribution is 0.260. The molecule has 0 amide bonds. The fourth-order valence-corrected chi connectivity index (χ4v) is 4.48. The molecule has 0 spiro atoms. The Hall–Kier alpha value is -2.13. The number of ether oxygens (including phenoxy) is 2. The molecule has 7 nitrogen and oxygen atoms in total. The van der Waals surface area contributed by atoms with Gasteiger partial charge in [-0.2, -0.15) is 4.98 Å². The summed E-state index contributed by atoms with van der Waals surface area (Å²) in [7, 11) is -3.45. The molecule has 1 N–H and O–H groups in total. The Labute approximate surface area is 214 Å². The molecule has 3 aromatic rings. The molecule has 0 radical (unpaired) electrons. The van der Waals surface area contributed by atoms with Crippen molar-refractivity contribution in [3.8, 4) is 11.5 Å². The highest BCUT2D eigenvalue weighted by molar-refractivity contribution is 7.92. The van der Waals surface area contributed by atoms with Gasteiger partial charge in [-0.25, -0.2) is 8.42 Å².